The van der Waals surface area contributed by atoms with Crippen molar-refractivity contribution >= 4 is 15.9 Å². The van der Waals surface area contributed by atoms with Gasteiger partial charge in [0.15, 0.2) is 0 Å². The third-order valence-electron chi connectivity index (χ3n) is 2.62. The Morgan fingerprint density at radius 3 is 2.40 bits per heavy atom. The number of nitriles is 1. The van der Waals surface area contributed by atoms with E-state index in [2.05, 4.69) is 0 Å². The van der Waals surface area contributed by atoms with Gasteiger partial charge in [-0.2, -0.15) is 5.26 Å². The lowest BCUT2D eigenvalue weighted by Crippen LogP contribution is -2.03. The predicted octanol–water partition coefficient (Wildman–Crippen LogP) is 2.73. The zero-order valence-electron chi connectivity index (χ0n) is 10.4. The Bertz CT molecular complexity index is 787. The Labute approximate surface area is 117 Å². The van der Waals surface area contributed by atoms with Crippen LogP contribution in [0, 0.1) is 11.3 Å². The number of nitrogens with zero attached hydrogens (tertiary/aromatic N) is 1. The van der Waals surface area contributed by atoms with Crippen LogP contribution in [0.1, 0.15) is 5.56 Å². The molecule has 0 radical (unpaired) electrons. The highest BCUT2D eigenvalue weighted by atomic mass is 32.2. The van der Waals surface area contributed by atoms with Crippen LogP contribution in [0.15, 0.2) is 64.4 Å². The normalized spacial score (nSPS) is 11.8. The summed E-state index contributed by atoms with van der Waals surface area (Å²) in [5.41, 5.74) is 0.445. The average molecular weight is 285 g/mol. The Morgan fingerprint density at radius 2 is 1.80 bits per heavy atom. The largest absolute Gasteiger partial charge is 0.508 e. The van der Waals surface area contributed by atoms with Crippen molar-refractivity contribution < 1.29 is 13.5 Å². The second-order valence-corrected chi connectivity index (χ2v) is 5.95. The summed E-state index contributed by atoms with van der Waals surface area (Å²) in [5.74, 6) is 0.00755. The van der Waals surface area contributed by atoms with Crippen LogP contribution in [0.3, 0.4) is 0 Å². The summed E-state index contributed by atoms with van der Waals surface area (Å²) < 4.78 is 24.6. The Kier molecular flexibility index (Phi) is 3.87. The number of sulfone groups is 1. The summed E-state index contributed by atoms with van der Waals surface area (Å²) in [6, 6.07) is 15.5. The van der Waals surface area contributed by atoms with Gasteiger partial charge in [0.2, 0.25) is 9.84 Å². The zero-order valence-corrected chi connectivity index (χ0v) is 11.2. The molecule has 0 amide bonds. The number of phenols is 1. The van der Waals surface area contributed by atoms with Gasteiger partial charge in [-0.15, -0.1) is 0 Å². The number of aromatic hydroxyl groups is 1. The number of allylic oxidation sites excluding steroid dienone is 1. The lowest BCUT2D eigenvalue weighted by atomic mass is 10.2. The molecule has 4 nitrogen and oxygen atoms in total. The topological polar surface area (TPSA) is 78.2 Å². The molecule has 0 unspecified atom stereocenters. The van der Waals surface area contributed by atoms with Crippen molar-refractivity contribution in [1.29, 1.82) is 5.26 Å². The van der Waals surface area contributed by atoms with Gasteiger partial charge in [0.05, 0.1) is 4.90 Å². The fraction of sp³-hybridized carbons (Fsp3) is 0. The fourth-order valence-corrected chi connectivity index (χ4v) is 2.84. The fourth-order valence-electron chi connectivity index (χ4n) is 1.66. The summed E-state index contributed by atoms with van der Waals surface area (Å²) in [4.78, 5) is -0.303. The minimum atomic E-state index is -3.84. The molecule has 0 saturated heterocycles. The van der Waals surface area contributed by atoms with Gasteiger partial charge in [-0.3, -0.25) is 0 Å². The van der Waals surface area contributed by atoms with Crippen LogP contribution in [0.25, 0.3) is 6.08 Å². The van der Waals surface area contributed by atoms with Crippen molar-refractivity contribution in [2.75, 3.05) is 0 Å². The predicted molar refractivity (Wildman–Crippen MR) is 75.3 cm³/mol. The van der Waals surface area contributed by atoms with Crippen LogP contribution >= 0.6 is 0 Å². The van der Waals surface area contributed by atoms with Crippen molar-refractivity contribution in [2.24, 2.45) is 0 Å². The molecule has 0 aromatic heterocycles. The molecule has 0 aliphatic carbocycles. The van der Waals surface area contributed by atoms with E-state index in [9.17, 15) is 13.5 Å². The minimum Gasteiger partial charge on any atom is -0.508 e. The smallest absolute Gasteiger partial charge is 0.216 e. The number of hydrogen-bond donors (Lipinski definition) is 1. The van der Waals surface area contributed by atoms with E-state index in [1.807, 2.05) is 0 Å². The maximum absolute atomic E-state index is 12.3. The van der Waals surface area contributed by atoms with E-state index in [4.69, 9.17) is 5.26 Å². The monoisotopic (exact) mass is 285 g/mol. The molecule has 0 saturated carbocycles. The summed E-state index contributed by atoms with van der Waals surface area (Å²) >= 11 is 0. The van der Waals surface area contributed by atoms with Gasteiger partial charge in [-0.1, -0.05) is 30.3 Å². The van der Waals surface area contributed by atoms with Gasteiger partial charge in [0, 0.05) is 0 Å². The summed E-state index contributed by atoms with van der Waals surface area (Å²) in [5, 5.41) is 18.5. The van der Waals surface area contributed by atoms with Gasteiger partial charge in [0.1, 0.15) is 16.7 Å². The van der Waals surface area contributed by atoms with E-state index in [1.54, 1.807) is 36.4 Å². The molecular weight excluding hydrogens is 274 g/mol. The number of phenolic OH excluding ortho intramolecular Hbond substituents is 1. The standard InChI is InChI=1S/C15H11NO3S/c16-11-15(10-12-5-4-6-13(17)9-12)20(18,19)14-7-2-1-3-8-14/h1-10,17H/b15-10+. The molecule has 0 atom stereocenters. The van der Waals surface area contributed by atoms with E-state index in [-0.39, 0.29) is 15.6 Å². The molecular formula is C15H11NO3S. The molecule has 2 rings (SSSR count). The molecule has 2 aromatic carbocycles. The third-order valence-corrected chi connectivity index (χ3v) is 4.30. The first kappa shape index (κ1) is 13.8. The van der Waals surface area contributed by atoms with Crippen molar-refractivity contribution in [3.05, 3.63) is 65.1 Å². The van der Waals surface area contributed by atoms with Crippen LogP contribution in [-0.2, 0) is 9.84 Å². The average Bonchev–Trinajstić information content (AvgIpc) is 2.45. The van der Waals surface area contributed by atoms with E-state index < -0.39 is 9.84 Å². The lowest BCUT2D eigenvalue weighted by Gasteiger charge is -2.03. The van der Waals surface area contributed by atoms with Gasteiger partial charge >= 0.3 is 0 Å². The Hall–Kier alpha value is -2.58. The van der Waals surface area contributed by atoms with E-state index in [1.165, 1.54) is 30.3 Å². The van der Waals surface area contributed by atoms with E-state index in [0.717, 1.165) is 0 Å². The molecule has 0 heterocycles. The molecule has 0 spiro atoms. The van der Waals surface area contributed by atoms with Crippen molar-refractivity contribution in [3.8, 4) is 11.8 Å². The summed E-state index contributed by atoms with van der Waals surface area (Å²) in [7, 11) is -3.84. The van der Waals surface area contributed by atoms with Gasteiger partial charge in [0.25, 0.3) is 0 Å². The molecule has 5 heteroatoms. The first-order valence-electron chi connectivity index (χ1n) is 5.75. The van der Waals surface area contributed by atoms with Gasteiger partial charge in [-0.25, -0.2) is 8.42 Å². The van der Waals surface area contributed by atoms with Crippen molar-refractivity contribution in [1.82, 2.24) is 0 Å². The number of benzene rings is 2. The number of hydrogen-bond acceptors (Lipinski definition) is 4. The lowest BCUT2D eigenvalue weighted by molar-refractivity contribution is 0.475. The molecule has 0 aliphatic heterocycles. The van der Waals surface area contributed by atoms with Crippen molar-refractivity contribution in [3.63, 3.8) is 0 Å². The van der Waals surface area contributed by atoms with Crippen LogP contribution in [-0.4, -0.2) is 13.5 Å². The molecule has 20 heavy (non-hydrogen) atoms. The zero-order chi connectivity index (χ0) is 14.6. The molecule has 0 aliphatic rings. The van der Waals surface area contributed by atoms with Gasteiger partial charge < -0.3 is 5.11 Å². The van der Waals surface area contributed by atoms with E-state index >= 15 is 0 Å². The van der Waals surface area contributed by atoms with E-state index in [0.29, 0.717) is 5.56 Å². The van der Waals surface area contributed by atoms with Crippen LogP contribution < -0.4 is 0 Å². The van der Waals surface area contributed by atoms with Crippen molar-refractivity contribution in [2.45, 2.75) is 4.90 Å². The van der Waals surface area contributed by atoms with Crippen LogP contribution in [0.2, 0.25) is 0 Å². The number of rotatable bonds is 3. The Morgan fingerprint density at radius 1 is 1.10 bits per heavy atom. The molecule has 0 bridgehead atoms. The SMILES string of the molecule is N#C/C(=C\c1cccc(O)c1)S(=O)(=O)c1ccccc1. The maximum atomic E-state index is 12.3. The third kappa shape index (κ3) is 2.87. The highest BCUT2D eigenvalue weighted by Crippen LogP contribution is 2.22. The second kappa shape index (κ2) is 5.59. The summed E-state index contributed by atoms with van der Waals surface area (Å²) in [6.45, 7) is 0. The Balaban J connectivity index is 2.51. The van der Waals surface area contributed by atoms with Gasteiger partial charge in [-0.05, 0) is 35.9 Å². The quantitative estimate of drug-likeness (QED) is 0.879. The minimum absolute atomic E-state index is 0.00755. The molecule has 2 aromatic rings. The first-order chi connectivity index (χ1) is 9.54. The molecule has 1 N–H and O–H groups in total. The summed E-state index contributed by atoms with van der Waals surface area (Å²) in [6.07, 6.45) is 1.24. The van der Waals surface area contributed by atoms with Crippen LogP contribution in [0.5, 0.6) is 5.75 Å². The highest BCUT2D eigenvalue weighted by molar-refractivity contribution is 7.95. The van der Waals surface area contributed by atoms with Crippen LogP contribution in [0.4, 0.5) is 0 Å². The highest BCUT2D eigenvalue weighted by Gasteiger charge is 2.20. The molecule has 0 fully saturated rings. The second-order valence-electron chi connectivity index (χ2n) is 4.03. The molecule has 100 valence electrons. The first-order valence-corrected chi connectivity index (χ1v) is 7.23. The maximum Gasteiger partial charge on any atom is 0.216 e.